The van der Waals surface area contributed by atoms with Gasteiger partial charge in [0.2, 0.25) is 5.91 Å². The Morgan fingerprint density at radius 3 is 2.74 bits per heavy atom. The molecule has 1 aromatic heterocycles. The molecule has 1 aliphatic rings. The van der Waals surface area contributed by atoms with Gasteiger partial charge in [-0.25, -0.2) is 8.78 Å². The maximum Gasteiger partial charge on any atom is 0.262 e. The molecule has 0 aliphatic carbocycles. The van der Waals surface area contributed by atoms with Crippen LogP contribution in [0.3, 0.4) is 0 Å². The van der Waals surface area contributed by atoms with Crippen LogP contribution in [0, 0.1) is 0 Å². The van der Waals surface area contributed by atoms with Crippen molar-refractivity contribution in [3.63, 3.8) is 0 Å². The number of carbonyl (C=O) groups excluding carboxylic acids is 1. The van der Waals surface area contributed by atoms with E-state index in [-0.39, 0.29) is 31.4 Å². The number of nitrogens with zero attached hydrogens (tertiary/aromatic N) is 1. The molecule has 1 amide bonds. The monoisotopic (exact) mass is 363 g/mol. The van der Waals surface area contributed by atoms with Crippen molar-refractivity contribution in [3.05, 3.63) is 42.1 Å². The van der Waals surface area contributed by atoms with Gasteiger partial charge in [-0.05, 0) is 11.6 Å². The topological polar surface area (TPSA) is 54.0 Å². The van der Waals surface area contributed by atoms with E-state index in [1.807, 2.05) is 30.3 Å². The first-order valence-corrected chi connectivity index (χ1v) is 6.77. The number of alkyl halides is 2. The van der Waals surface area contributed by atoms with Gasteiger partial charge >= 0.3 is 0 Å². The molecule has 1 atom stereocenters. The van der Waals surface area contributed by atoms with Crippen LogP contribution in [0.15, 0.2) is 36.5 Å². The van der Waals surface area contributed by atoms with E-state index in [0.29, 0.717) is 0 Å². The summed E-state index contributed by atoms with van der Waals surface area (Å²) in [7, 11) is 0. The van der Waals surface area contributed by atoms with Gasteiger partial charge in [-0.2, -0.15) is 0 Å². The van der Waals surface area contributed by atoms with E-state index < -0.39 is 30.8 Å². The smallest absolute Gasteiger partial charge is 0.262 e. The van der Waals surface area contributed by atoms with Gasteiger partial charge in [-0.3, -0.25) is 15.1 Å². The molecule has 3 rings (SSSR count). The van der Waals surface area contributed by atoms with Gasteiger partial charge in [0.15, 0.2) is 0 Å². The highest BCUT2D eigenvalue weighted by Gasteiger charge is 2.42. The van der Waals surface area contributed by atoms with Gasteiger partial charge < -0.3 is 5.32 Å². The van der Waals surface area contributed by atoms with Gasteiger partial charge in [0.25, 0.3) is 5.92 Å². The van der Waals surface area contributed by atoms with Crippen LogP contribution in [0.4, 0.5) is 8.78 Å². The summed E-state index contributed by atoms with van der Waals surface area (Å²) in [5, 5.41) is 6.22. The predicted molar refractivity (Wildman–Crippen MR) is 89.4 cm³/mol. The molecular weight excluding hydrogens is 347 g/mol. The first-order valence-electron chi connectivity index (χ1n) is 6.77. The third-order valence-electron chi connectivity index (χ3n) is 3.60. The molecule has 0 radical (unpaired) electrons. The van der Waals surface area contributed by atoms with Crippen LogP contribution in [0.2, 0.25) is 0 Å². The van der Waals surface area contributed by atoms with E-state index in [0.717, 1.165) is 16.5 Å². The lowest BCUT2D eigenvalue weighted by atomic mass is 10.1. The fourth-order valence-electron chi connectivity index (χ4n) is 2.52. The molecule has 1 saturated heterocycles. The van der Waals surface area contributed by atoms with Crippen LogP contribution < -0.4 is 10.6 Å². The van der Waals surface area contributed by atoms with Crippen LogP contribution in [-0.2, 0) is 11.3 Å². The van der Waals surface area contributed by atoms with E-state index in [1.165, 1.54) is 0 Å². The number of benzene rings is 1. The van der Waals surface area contributed by atoms with Gasteiger partial charge in [0.1, 0.15) is 0 Å². The van der Waals surface area contributed by atoms with Gasteiger partial charge in [0, 0.05) is 24.5 Å². The first-order chi connectivity index (χ1) is 10.1. The van der Waals surface area contributed by atoms with Crippen molar-refractivity contribution in [3.8, 4) is 0 Å². The SMILES string of the molecule is Cl.Cl.O=C(NCc1cccc2cccnc12)C1CC(F)(F)CN1. The maximum atomic E-state index is 13.1. The molecule has 2 N–H and O–H groups in total. The molecule has 1 aliphatic heterocycles. The quantitative estimate of drug-likeness (QED) is 0.881. The summed E-state index contributed by atoms with van der Waals surface area (Å²) in [5.41, 5.74) is 1.68. The number of carbonyl (C=O) groups is 1. The second kappa shape index (κ2) is 7.86. The number of para-hydroxylation sites is 1. The number of fused-ring (bicyclic) bond motifs is 1. The minimum Gasteiger partial charge on any atom is -0.351 e. The van der Waals surface area contributed by atoms with Crippen LogP contribution in [0.5, 0.6) is 0 Å². The largest absolute Gasteiger partial charge is 0.351 e. The van der Waals surface area contributed by atoms with Crippen LogP contribution in [0.1, 0.15) is 12.0 Å². The molecule has 126 valence electrons. The van der Waals surface area contributed by atoms with Crippen LogP contribution in [-0.4, -0.2) is 29.4 Å². The number of rotatable bonds is 3. The van der Waals surface area contributed by atoms with Crippen molar-refractivity contribution in [2.24, 2.45) is 0 Å². The lowest BCUT2D eigenvalue weighted by molar-refractivity contribution is -0.123. The van der Waals surface area contributed by atoms with Crippen LogP contribution >= 0.6 is 24.8 Å². The van der Waals surface area contributed by atoms with Gasteiger partial charge in [-0.15, -0.1) is 24.8 Å². The number of hydrogen-bond donors (Lipinski definition) is 2. The summed E-state index contributed by atoms with van der Waals surface area (Å²) >= 11 is 0. The van der Waals surface area contributed by atoms with E-state index in [4.69, 9.17) is 0 Å². The molecule has 1 unspecified atom stereocenters. The lowest BCUT2D eigenvalue weighted by Gasteiger charge is -2.12. The first kappa shape index (κ1) is 19.5. The molecule has 0 spiro atoms. The molecule has 23 heavy (non-hydrogen) atoms. The Morgan fingerprint density at radius 1 is 1.30 bits per heavy atom. The highest BCUT2D eigenvalue weighted by Crippen LogP contribution is 2.25. The van der Waals surface area contributed by atoms with E-state index in [9.17, 15) is 13.6 Å². The zero-order valence-electron chi connectivity index (χ0n) is 12.1. The highest BCUT2D eigenvalue weighted by molar-refractivity contribution is 5.86. The third kappa shape index (κ3) is 4.50. The standard InChI is InChI=1S/C15H15F2N3O.2ClH/c16-15(17)7-12(20-9-15)14(21)19-8-11-4-1-3-10-5-2-6-18-13(10)11;;/h1-6,12,20H,7-9H2,(H,19,21);2*1H. The minimum atomic E-state index is -2.80. The minimum absolute atomic E-state index is 0. The number of nitrogens with one attached hydrogen (secondary N) is 2. The number of amides is 1. The number of aromatic nitrogens is 1. The van der Waals surface area contributed by atoms with E-state index in [2.05, 4.69) is 15.6 Å². The Morgan fingerprint density at radius 2 is 2.04 bits per heavy atom. The van der Waals surface area contributed by atoms with Crippen molar-refractivity contribution in [1.82, 2.24) is 15.6 Å². The molecule has 1 fully saturated rings. The Bertz CT molecular complexity index is 679. The summed E-state index contributed by atoms with van der Waals surface area (Å²) < 4.78 is 26.1. The average Bonchev–Trinajstić information content (AvgIpc) is 2.85. The summed E-state index contributed by atoms with van der Waals surface area (Å²) in [5.74, 6) is -3.21. The fourth-order valence-corrected chi connectivity index (χ4v) is 2.52. The average molecular weight is 364 g/mol. The predicted octanol–water partition coefficient (Wildman–Crippen LogP) is 2.69. The third-order valence-corrected chi connectivity index (χ3v) is 3.60. The Kier molecular flexibility index (Phi) is 6.68. The molecule has 0 bridgehead atoms. The van der Waals surface area contributed by atoms with Gasteiger partial charge in [-0.1, -0.05) is 24.3 Å². The molecule has 0 saturated carbocycles. The summed E-state index contributed by atoms with van der Waals surface area (Å²) in [4.78, 5) is 16.2. The highest BCUT2D eigenvalue weighted by atomic mass is 35.5. The maximum absolute atomic E-state index is 13.1. The normalized spacial score (nSPS) is 18.8. The Hall–Kier alpha value is -1.50. The summed E-state index contributed by atoms with van der Waals surface area (Å²) in [6, 6.07) is 8.64. The van der Waals surface area contributed by atoms with Crippen molar-refractivity contribution in [1.29, 1.82) is 0 Å². The van der Waals surface area contributed by atoms with Crippen molar-refractivity contribution < 1.29 is 13.6 Å². The van der Waals surface area contributed by atoms with Crippen molar-refractivity contribution >= 4 is 41.6 Å². The number of halogens is 4. The molecule has 2 heterocycles. The number of hydrogen-bond acceptors (Lipinski definition) is 3. The Balaban J connectivity index is 0.00000132. The fraction of sp³-hybridized carbons (Fsp3) is 0.333. The van der Waals surface area contributed by atoms with E-state index in [1.54, 1.807) is 6.20 Å². The second-order valence-corrected chi connectivity index (χ2v) is 5.20. The number of pyridine rings is 1. The zero-order chi connectivity index (χ0) is 14.9. The van der Waals surface area contributed by atoms with Gasteiger partial charge in [0.05, 0.1) is 18.1 Å². The summed E-state index contributed by atoms with van der Waals surface area (Å²) in [6.45, 7) is -0.169. The molecule has 4 nitrogen and oxygen atoms in total. The second-order valence-electron chi connectivity index (χ2n) is 5.20. The lowest BCUT2D eigenvalue weighted by Crippen LogP contribution is -2.40. The summed E-state index contributed by atoms with van der Waals surface area (Å²) in [6.07, 6.45) is 1.24. The van der Waals surface area contributed by atoms with Crippen LogP contribution in [0.25, 0.3) is 10.9 Å². The van der Waals surface area contributed by atoms with Crippen molar-refractivity contribution in [2.45, 2.75) is 24.9 Å². The zero-order valence-corrected chi connectivity index (χ0v) is 13.7. The molecule has 8 heteroatoms. The van der Waals surface area contributed by atoms with E-state index >= 15 is 0 Å². The molecule has 1 aromatic carbocycles. The molecular formula is C15H17Cl2F2N3O. The van der Waals surface area contributed by atoms with Crippen molar-refractivity contribution in [2.75, 3.05) is 6.54 Å². The Labute approximate surface area is 144 Å². The molecule has 2 aromatic rings.